The van der Waals surface area contributed by atoms with Gasteiger partial charge in [-0.15, -0.1) is 0 Å². The Kier molecular flexibility index (Phi) is 7.54. The highest BCUT2D eigenvalue weighted by Gasteiger charge is 2.19. The number of rotatable bonds is 6. The molecule has 276 valence electrons. The second-order valence-corrected chi connectivity index (χ2v) is 15.3. The molecule has 3 heteroatoms. The molecule has 0 N–H and O–H groups in total. The summed E-state index contributed by atoms with van der Waals surface area (Å²) in [5.41, 5.74) is 13.8. The number of fused-ring (bicyclic) bond motifs is 9. The van der Waals surface area contributed by atoms with E-state index in [4.69, 9.17) is 8.83 Å². The van der Waals surface area contributed by atoms with Crippen LogP contribution in [0.3, 0.4) is 0 Å². The number of para-hydroxylation sites is 2. The summed E-state index contributed by atoms with van der Waals surface area (Å²) < 4.78 is 12.8. The Bertz CT molecular complexity index is 3580. The van der Waals surface area contributed by atoms with E-state index in [-0.39, 0.29) is 0 Å². The minimum absolute atomic E-state index is 0.855. The third-order valence-corrected chi connectivity index (χ3v) is 11.8. The standard InChI is InChI=1S/C56H35NO2/c1-2-13-36(14-3-1)43-17-4-6-19-45(43)46-20-7-5-18-44(46)38-15-12-16-40(31-38)57(42-29-30-49-47-21-8-10-23-53(47)59-56(49)34-42)41-28-27-37-25-26-39-32-55-52(35-51(39)50(37)33-41)48-22-9-11-24-54(48)58-55/h1-35H. The number of furan rings is 2. The van der Waals surface area contributed by atoms with E-state index in [1.165, 1.54) is 44.0 Å². The highest BCUT2D eigenvalue weighted by atomic mass is 16.3. The number of nitrogens with zero attached hydrogens (tertiary/aromatic N) is 1. The molecule has 0 bridgehead atoms. The lowest BCUT2D eigenvalue weighted by Gasteiger charge is -2.27. The van der Waals surface area contributed by atoms with Crippen LogP contribution in [-0.2, 0) is 0 Å². The monoisotopic (exact) mass is 753 g/mol. The molecule has 2 aromatic heterocycles. The highest BCUT2D eigenvalue weighted by molar-refractivity contribution is 6.17. The maximum absolute atomic E-state index is 6.48. The fourth-order valence-electron chi connectivity index (χ4n) is 9.07. The van der Waals surface area contributed by atoms with Crippen LogP contribution in [0.4, 0.5) is 17.1 Å². The normalized spacial score (nSPS) is 11.7. The largest absolute Gasteiger partial charge is 0.456 e. The molecule has 0 spiro atoms. The van der Waals surface area contributed by atoms with Gasteiger partial charge in [-0.25, -0.2) is 0 Å². The first-order valence-corrected chi connectivity index (χ1v) is 20.1. The summed E-state index contributed by atoms with van der Waals surface area (Å²) in [4.78, 5) is 2.36. The van der Waals surface area contributed by atoms with Crippen LogP contribution in [0.5, 0.6) is 0 Å². The van der Waals surface area contributed by atoms with Crippen LogP contribution >= 0.6 is 0 Å². The Morgan fingerprint density at radius 1 is 0.254 bits per heavy atom. The first-order chi connectivity index (χ1) is 29.2. The van der Waals surface area contributed by atoms with E-state index >= 15 is 0 Å². The van der Waals surface area contributed by atoms with E-state index < -0.39 is 0 Å². The van der Waals surface area contributed by atoms with Crippen molar-refractivity contribution in [1.29, 1.82) is 0 Å². The van der Waals surface area contributed by atoms with Gasteiger partial charge >= 0.3 is 0 Å². The average Bonchev–Trinajstić information content (AvgIpc) is 3.86. The lowest BCUT2D eigenvalue weighted by Crippen LogP contribution is -2.10. The summed E-state index contributed by atoms with van der Waals surface area (Å²) in [5.74, 6) is 0. The summed E-state index contributed by atoms with van der Waals surface area (Å²) in [6, 6.07) is 75.9. The van der Waals surface area contributed by atoms with Crippen molar-refractivity contribution < 1.29 is 8.83 Å². The third kappa shape index (κ3) is 5.51. The Balaban J connectivity index is 1.06. The van der Waals surface area contributed by atoms with Gasteiger partial charge in [0.15, 0.2) is 0 Å². The van der Waals surface area contributed by atoms with Crippen LogP contribution in [-0.4, -0.2) is 0 Å². The van der Waals surface area contributed by atoms with Crippen LogP contribution in [0.15, 0.2) is 221 Å². The Hall–Kier alpha value is -7.88. The molecule has 0 radical (unpaired) electrons. The second kappa shape index (κ2) is 13.4. The van der Waals surface area contributed by atoms with Gasteiger partial charge in [0.05, 0.1) is 0 Å². The summed E-state index contributed by atoms with van der Waals surface area (Å²) in [6.07, 6.45) is 0. The van der Waals surface area contributed by atoms with Gasteiger partial charge in [0, 0.05) is 44.7 Å². The van der Waals surface area contributed by atoms with Gasteiger partial charge in [-0.3, -0.25) is 0 Å². The molecule has 0 amide bonds. The lowest BCUT2D eigenvalue weighted by atomic mass is 9.89. The Morgan fingerprint density at radius 3 is 1.53 bits per heavy atom. The van der Waals surface area contributed by atoms with Crippen LogP contribution in [0, 0.1) is 0 Å². The maximum Gasteiger partial charge on any atom is 0.137 e. The van der Waals surface area contributed by atoms with E-state index in [9.17, 15) is 0 Å². The fraction of sp³-hybridized carbons (Fsp3) is 0. The van der Waals surface area contributed by atoms with Crippen molar-refractivity contribution in [3.05, 3.63) is 212 Å². The first kappa shape index (κ1) is 33.3. The van der Waals surface area contributed by atoms with Crippen LogP contribution < -0.4 is 4.90 Å². The molecule has 0 atom stereocenters. The molecular formula is C56H35NO2. The predicted octanol–water partition coefficient (Wildman–Crippen LogP) is 16.3. The minimum atomic E-state index is 0.855. The molecule has 0 saturated carbocycles. The fourth-order valence-corrected chi connectivity index (χ4v) is 9.07. The Labute approximate surface area is 340 Å². The molecule has 0 saturated heterocycles. The first-order valence-electron chi connectivity index (χ1n) is 20.1. The van der Waals surface area contributed by atoms with E-state index in [0.717, 1.165) is 71.9 Å². The number of anilines is 3. The molecule has 12 rings (SSSR count). The zero-order chi connectivity index (χ0) is 38.9. The summed E-state index contributed by atoms with van der Waals surface area (Å²) >= 11 is 0. The van der Waals surface area contributed by atoms with Gasteiger partial charge in [0.2, 0.25) is 0 Å². The van der Waals surface area contributed by atoms with Gasteiger partial charge in [0.1, 0.15) is 22.3 Å². The molecule has 0 aliphatic heterocycles. The van der Waals surface area contributed by atoms with E-state index in [1.807, 2.05) is 24.3 Å². The summed E-state index contributed by atoms with van der Waals surface area (Å²) in [7, 11) is 0. The molecule has 2 heterocycles. The third-order valence-electron chi connectivity index (χ3n) is 11.8. The molecule has 59 heavy (non-hydrogen) atoms. The predicted molar refractivity (Wildman–Crippen MR) is 247 cm³/mol. The Morgan fingerprint density at radius 2 is 0.763 bits per heavy atom. The van der Waals surface area contributed by atoms with E-state index in [0.29, 0.717) is 0 Å². The number of hydrogen-bond acceptors (Lipinski definition) is 3. The topological polar surface area (TPSA) is 29.5 Å². The molecule has 0 unspecified atom stereocenters. The van der Waals surface area contributed by atoms with Crippen LogP contribution in [0.2, 0.25) is 0 Å². The molecule has 10 aromatic carbocycles. The quantitative estimate of drug-likeness (QED) is 0.158. The van der Waals surface area contributed by atoms with Crippen molar-refractivity contribution in [2.75, 3.05) is 4.90 Å². The molecule has 0 fully saturated rings. The van der Waals surface area contributed by atoms with Crippen molar-refractivity contribution in [1.82, 2.24) is 0 Å². The van der Waals surface area contributed by atoms with Gasteiger partial charge in [-0.1, -0.05) is 146 Å². The van der Waals surface area contributed by atoms with Gasteiger partial charge in [-0.2, -0.15) is 0 Å². The van der Waals surface area contributed by atoms with Crippen molar-refractivity contribution >= 4 is 82.5 Å². The summed E-state index contributed by atoms with van der Waals surface area (Å²) in [6.45, 7) is 0. The van der Waals surface area contributed by atoms with Crippen molar-refractivity contribution in [2.45, 2.75) is 0 Å². The molecule has 0 aliphatic carbocycles. The van der Waals surface area contributed by atoms with Crippen molar-refractivity contribution in [3.63, 3.8) is 0 Å². The smallest absolute Gasteiger partial charge is 0.137 e. The van der Waals surface area contributed by atoms with Crippen LogP contribution in [0.25, 0.3) is 98.8 Å². The zero-order valence-corrected chi connectivity index (χ0v) is 32.0. The summed E-state index contributed by atoms with van der Waals surface area (Å²) in [5, 5.41) is 9.17. The average molecular weight is 754 g/mol. The maximum atomic E-state index is 6.48. The van der Waals surface area contributed by atoms with E-state index in [2.05, 4.69) is 193 Å². The van der Waals surface area contributed by atoms with Gasteiger partial charge in [0.25, 0.3) is 0 Å². The number of hydrogen-bond donors (Lipinski definition) is 0. The molecule has 12 aromatic rings. The molecule has 0 aliphatic rings. The van der Waals surface area contributed by atoms with E-state index in [1.54, 1.807) is 0 Å². The number of benzene rings is 10. The van der Waals surface area contributed by atoms with Gasteiger partial charge in [-0.05, 0) is 116 Å². The SMILES string of the molecule is c1ccc(-c2ccccc2-c2ccccc2-c2cccc(N(c3ccc4c(c3)oc3ccccc34)c3ccc4ccc5cc6oc7ccccc7c6cc5c4c3)c2)cc1. The van der Waals surface area contributed by atoms with Crippen molar-refractivity contribution in [2.24, 2.45) is 0 Å². The highest BCUT2D eigenvalue weighted by Crippen LogP contribution is 2.44. The molecular weight excluding hydrogens is 719 g/mol. The van der Waals surface area contributed by atoms with Gasteiger partial charge < -0.3 is 13.7 Å². The lowest BCUT2D eigenvalue weighted by molar-refractivity contribution is 0.669. The molecule has 3 nitrogen and oxygen atoms in total. The zero-order valence-electron chi connectivity index (χ0n) is 32.0. The minimum Gasteiger partial charge on any atom is -0.456 e. The van der Waals surface area contributed by atoms with Crippen molar-refractivity contribution in [3.8, 4) is 33.4 Å². The van der Waals surface area contributed by atoms with Crippen LogP contribution in [0.1, 0.15) is 0 Å². The second-order valence-electron chi connectivity index (χ2n) is 15.3.